The summed E-state index contributed by atoms with van der Waals surface area (Å²) in [5.74, 6) is -0.608. The fourth-order valence-electron chi connectivity index (χ4n) is 7.65. The monoisotopic (exact) mass is 891 g/mol. The molecule has 0 aliphatic carbocycles. The number of allylic oxidation sites excluding steroid dienone is 14. The van der Waals surface area contributed by atoms with Crippen LogP contribution >= 0.6 is 0 Å². The van der Waals surface area contributed by atoms with Crippen molar-refractivity contribution in [2.24, 2.45) is 0 Å². The van der Waals surface area contributed by atoms with E-state index in [1.54, 1.807) is 0 Å². The average molecular weight is 891 g/mol. The van der Waals surface area contributed by atoms with Crippen molar-refractivity contribution in [3.05, 3.63) is 85.1 Å². The number of aliphatic hydroxyl groups excluding tert-OH is 1. The van der Waals surface area contributed by atoms with E-state index in [2.05, 4.69) is 98.9 Å². The van der Waals surface area contributed by atoms with Gasteiger partial charge < -0.3 is 14.6 Å². The zero-order chi connectivity index (χ0) is 46.3. The first kappa shape index (κ1) is 61.1. The van der Waals surface area contributed by atoms with Gasteiger partial charge in [-0.15, -0.1) is 0 Å². The largest absolute Gasteiger partial charge is 0.462 e. The van der Waals surface area contributed by atoms with Crippen LogP contribution in [0.2, 0.25) is 0 Å². The van der Waals surface area contributed by atoms with Gasteiger partial charge in [-0.25, -0.2) is 0 Å². The van der Waals surface area contributed by atoms with Crippen molar-refractivity contribution >= 4 is 11.9 Å². The minimum atomic E-state index is -0.787. The molecule has 0 aliphatic rings. The summed E-state index contributed by atoms with van der Waals surface area (Å²) in [5, 5.41) is 9.64. The smallest absolute Gasteiger partial charge is 0.306 e. The molecule has 0 aromatic heterocycles. The molecule has 0 amide bonds. The highest BCUT2D eigenvalue weighted by Crippen LogP contribution is 2.16. The first-order valence-electron chi connectivity index (χ1n) is 27.1. The van der Waals surface area contributed by atoms with Gasteiger partial charge in [-0.2, -0.15) is 0 Å². The third-order valence-electron chi connectivity index (χ3n) is 11.7. The van der Waals surface area contributed by atoms with Crippen molar-refractivity contribution < 1.29 is 24.2 Å². The predicted octanol–water partition coefficient (Wildman–Crippen LogP) is 18.2. The molecule has 0 aromatic carbocycles. The molecule has 64 heavy (non-hydrogen) atoms. The molecular formula is C59H102O5. The number of carbonyl (C=O) groups excluding carboxylic acids is 2. The van der Waals surface area contributed by atoms with Crippen molar-refractivity contribution in [2.75, 3.05) is 13.2 Å². The number of hydrogen-bond acceptors (Lipinski definition) is 5. The SMILES string of the molecule is CC/C=C\C/C=C\C/C=C\C/C=C\C/C=C\C/C=C\C/C=C\CCCCCCCC(=O)OC(CO)COC(=O)CCCCCCCCCCCCCCCCCCCCCCCCC. The van der Waals surface area contributed by atoms with E-state index in [0.29, 0.717) is 12.8 Å². The van der Waals surface area contributed by atoms with Crippen molar-refractivity contribution in [3.8, 4) is 0 Å². The molecule has 0 radical (unpaired) electrons. The maximum absolute atomic E-state index is 12.3. The van der Waals surface area contributed by atoms with E-state index in [4.69, 9.17) is 9.47 Å². The normalized spacial score (nSPS) is 12.9. The second kappa shape index (κ2) is 54.4. The molecule has 368 valence electrons. The Kier molecular flexibility index (Phi) is 51.9. The molecule has 0 heterocycles. The summed E-state index contributed by atoms with van der Waals surface area (Å²) in [5.41, 5.74) is 0. The van der Waals surface area contributed by atoms with Gasteiger partial charge in [0.25, 0.3) is 0 Å². The van der Waals surface area contributed by atoms with Crippen LogP contribution in [0.1, 0.15) is 258 Å². The molecule has 0 saturated heterocycles. The molecule has 1 N–H and O–H groups in total. The molecule has 0 saturated carbocycles. The predicted molar refractivity (Wildman–Crippen MR) is 279 cm³/mol. The summed E-state index contributed by atoms with van der Waals surface area (Å²) in [4.78, 5) is 24.5. The molecule has 0 bridgehead atoms. The molecule has 5 heteroatoms. The van der Waals surface area contributed by atoms with Crippen LogP contribution in [0, 0.1) is 0 Å². The zero-order valence-corrected chi connectivity index (χ0v) is 42.0. The van der Waals surface area contributed by atoms with Gasteiger partial charge in [0.05, 0.1) is 6.61 Å². The lowest BCUT2D eigenvalue weighted by molar-refractivity contribution is -0.161. The fraction of sp³-hybridized carbons (Fsp3) is 0.729. The quantitative estimate of drug-likeness (QED) is 0.0374. The first-order chi connectivity index (χ1) is 31.6. The Morgan fingerprint density at radius 1 is 0.375 bits per heavy atom. The number of unbranched alkanes of at least 4 members (excludes halogenated alkanes) is 27. The Hall–Kier alpha value is -2.92. The number of aliphatic hydroxyl groups is 1. The highest BCUT2D eigenvalue weighted by atomic mass is 16.6. The highest BCUT2D eigenvalue weighted by molar-refractivity contribution is 5.70. The van der Waals surface area contributed by atoms with Crippen LogP contribution in [-0.4, -0.2) is 36.4 Å². The highest BCUT2D eigenvalue weighted by Gasteiger charge is 2.16. The molecule has 1 unspecified atom stereocenters. The molecule has 1 atom stereocenters. The summed E-state index contributed by atoms with van der Waals surface area (Å²) < 4.78 is 10.7. The minimum absolute atomic E-state index is 0.0754. The van der Waals surface area contributed by atoms with Gasteiger partial charge in [0, 0.05) is 12.8 Å². The number of esters is 2. The summed E-state index contributed by atoms with van der Waals surface area (Å²) in [6.07, 6.45) is 75.4. The lowest BCUT2D eigenvalue weighted by Crippen LogP contribution is -2.28. The van der Waals surface area contributed by atoms with Crippen molar-refractivity contribution in [1.82, 2.24) is 0 Å². The Morgan fingerprint density at radius 3 is 1.02 bits per heavy atom. The standard InChI is InChI=1S/C59H102O5/c1-3-5-7-9-11-13-15-17-19-21-23-25-27-28-29-30-32-34-36-38-40-42-44-46-48-50-52-54-59(62)64-57(55-60)56-63-58(61)53-51-49-47-45-43-41-39-37-35-33-31-26-24-22-20-18-16-14-12-10-8-6-4-2/h5,7,11,13,17,19,23,25,28-29,32,34,38,40,57,60H,3-4,6,8-10,12,14-16,18,20-22,24,26-27,30-31,33,35-37,39,41-56H2,1-2H3/b7-5-,13-11-,19-17-,25-23-,29-28-,34-32-,40-38-. The lowest BCUT2D eigenvalue weighted by atomic mass is 10.0. The first-order valence-corrected chi connectivity index (χ1v) is 27.1. The van der Waals surface area contributed by atoms with Gasteiger partial charge in [-0.1, -0.05) is 259 Å². The summed E-state index contributed by atoms with van der Waals surface area (Å²) in [6, 6.07) is 0. The zero-order valence-electron chi connectivity index (χ0n) is 42.0. The average Bonchev–Trinajstić information content (AvgIpc) is 3.30. The van der Waals surface area contributed by atoms with Crippen molar-refractivity contribution in [3.63, 3.8) is 0 Å². The number of carbonyl (C=O) groups is 2. The number of hydrogen-bond donors (Lipinski definition) is 1. The Morgan fingerprint density at radius 2 is 0.672 bits per heavy atom. The topological polar surface area (TPSA) is 72.8 Å². The molecular weight excluding hydrogens is 789 g/mol. The molecule has 0 spiro atoms. The van der Waals surface area contributed by atoms with E-state index in [-0.39, 0.29) is 25.2 Å². The number of ether oxygens (including phenoxy) is 2. The van der Waals surface area contributed by atoms with E-state index in [0.717, 1.165) is 103 Å². The van der Waals surface area contributed by atoms with Gasteiger partial charge in [0.15, 0.2) is 6.10 Å². The van der Waals surface area contributed by atoms with Crippen LogP contribution in [-0.2, 0) is 19.1 Å². The van der Waals surface area contributed by atoms with Crippen LogP contribution in [0.3, 0.4) is 0 Å². The van der Waals surface area contributed by atoms with Gasteiger partial charge in [-0.05, 0) is 70.6 Å². The number of rotatable bonds is 49. The van der Waals surface area contributed by atoms with Crippen LogP contribution < -0.4 is 0 Å². The molecule has 0 aromatic rings. The Bertz CT molecular complexity index is 1190. The van der Waals surface area contributed by atoms with Crippen molar-refractivity contribution in [1.29, 1.82) is 0 Å². The van der Waals surface area contributed by atoms with Gasteiger partial charge in [-0.3, -0.25) is 9.59 Å². The van der Waals surface area contributed by atoms with Crippen LogP contribution in [0.15, 0.2) is 85.1 Å². The maximum atomic E-state index is 12.3. The fourth-order valence-corrected chi connectivity index (χ4v) is 7.65. The van der Waals surface area contributed by atoms with E-state index in [1.165, 1.54) is 128 Å². The third kappa shape index (κ3) is 51.7. The molecule has 0 fully saturated rings. The van der Waals surface area contributed by atoms with Crippen LogP contribution in [0.4, 0.5) is 0 Å². The van der Waals surface area contributed by atoms with Crippen molar-refractivity contribution in [2.45, 2.75) is 264 Å². The Balaban J connectivity index is 3.56. The second-order valence-corrected chi connectivity index (χ2v) is 17.9. The summed E-state index contributed by atoms with van der Waals surface area (Å²) in [7, 11) is 0. The van der Waals surface area contributed by atoms with E-state index in [1.807, 2.05) is 0 Å². The Labute approximate surface area is 396 Å². The van der Waals surface area contributed by atoms with Gasteiger partial charge in [0.2, 0.25) is 0 Å². The van der Waals surface area contributed by atoms with E-state index < -0.39 is 6.10 Å². The molecule has 5 nitrogen and oxygen atoms in total. The third-order valence-corrected chi connectivity index (χ3v) is 11.7. The van der Waals surface area contributed by atoms with E-state index in [9.17, 15) is 14.7 Å². The minimum Gasteiger partial charge on any atom is -0.462 e. The maximum Gasteiger partial charge on any atom is 0.306 e. The second-order valence-electron chi connectivity index (χ2n) is 17.9. The van der Waals surface area contributed by atoms with Gasteiger partial charge >= 0.3 is 11.9 Å². The summed E-state index contributed by atoms with van der Waals surface area (Å²) in [6.45, 7) is 4.03. The van der Waals surface area contributed by atoms with E-state index >= 15 is 0 Å². The molecule has 0 rings (SSSR count). The van der Waals surface area contributed by atoms with Gasteiger partial charge in [0.1, 0.15) is 6.61 Å². The summed E-state index contributed by atoms with van der Waals surface area (Å²) >= 11 is 0. The molecule has 0 aliphatic heterocycles. The van der Waals surface area contributed by atoms with Crippen LogP contribution in [0.25, 0.3) is 0 Å². The lowest BCUT2D eigenvalue weighted by Gasteiger charge is -2.15. The van der Waals surface area contributed by atoms with Crippen LogP contribution in [0.5, 0.6) is 0 Å².